The van der Waals surface area contributed by atoms with Crippen LogP contribution in [0.4, 0.5) is 0 Å². The van der Waals surface area contributed by atoms with Crippen LogP contribution in [0.1, 0.15) is 17.4 Å². The maximum atomic E-state index is 12.5. The summed E-state index contributed by atoms with van der Waals surface area (Å²) in [5, 5.41) is 13.2. The van der Waals surface area contributed by atoms with E-state index < -0.39 is 6.10 Å². The molecule has 0 aliphatic carbocycles. The van der Waals surface area contributed by atoms with Gasteiger partial charge in [-0.05, 0) is 17.7 Å². The Labute approximate surface area is 162 Å². The molecule has 2 aromatic carbocycles. The van der Waals surface area contributed by atoms with E-state index in [-0.39, 0.29) is 18.9 Å². The molecule has 0 saturated carbocycles. The molecule has 0 aliphatic rings. The molecular weight excluding hydrogens is 360 g/mol. The van der Waals surface area contributed by atoms with Gasteiger partial charge in [-0.25, -0.2) is 4.98 Å². The summed E-state index contributed by atoms with van der Waals surface area (Å²) < 4.78 is 5.18. The van der Waals surface area contributed by atoms with Crippen molar-refractivity contribution in [3.63, 3.8) is 0 Å². The Balaban J connectivity index is 1.60. The lowest BCUT2D eigenvalue weighted by molar-refractivity contribution is -0.130. The monoisotopic (exact) mass is 382 g/mol. The standard InChI is InChI=1S/C21H22N2O3S/c1-23(13-19(24)16-9-6-10-18(11-16)26-2)20(25)12-17-14-27-21(22-17)15-7-4-3-5-8-15/h3-11,14,19,24H,12-13H2,1-2H3. The number of likely N-dealkylation sites (N-methyl/N-ethyl adjacent to an activating group) is 1. The quantitative estimate of drug-likeness (QED) is 0.679. The summed E-state index contributed by atoms with van der Waals surface area (Å²) in [6.45, 7) is 0.210. The molecule has 27 heavy (non-hydrogen) atoms. The molecule has 0 fully saturated rings. The van der Waals surface area contributed by atoms with Crippen molar-refractivity contribution in [1.82, 2.24) is 9.88 Å². The van der Waals surface area contributed by atoms with Gasteiger partial charge in [-0.2, -0.15) is 0 Å². The van der Waals surface area contributed by atoms with Crippen molar-refractivity contribution >= 4 is 17.2 Å². The second-order valence-electron chi connectivity index (χ2n) is 6.25. The zero-order valence-corrected chi connectivity index (χ0v) is 16.1. The first-order valence-electron chi connectivity index (χ1n) is 8.62. The topological polar surface area (TPSA) is 62.7 Å². The molecule has 6 heteroatoms. The molecule has 5 nitrogen and oxygen atoms in total. The molecule has 3 rings (SSSR count). The van der Waals surface area contributed by atoms with Gasteiger partial charge in [0.05, 0.1) is 31.9 Å². The summed E-state index contributed by atoms with van der Waals surface area (Å²) in [6.07, 6.45) is -0.561. The number of nitrogens with zero attached hydrogens (tertiary/aromatic N) is 2. The van der Waals surface area contributed by atoms with Crippen LogP contribution in [0.3, 0.4) is 0 Å². The van der Waals surface area contributed by atoms with Crippen LogP contribution < -0.4 is 4.74 Å². The molecular formula is C21H22N2O3S. The third-order valence-corrected chi connectivity index (χ3v) is 5.20. The predicted molar refractivity (Wildman–Crippen MR) is 107 cm³/mol. The summed E-state index contributed by atoms with van der Waals surface area (Å²) in [5.74, 6) is 0.596. The number of aliphatic hydroxyl groups excluding tert-OH is 1. The van der Waals surface area contributed by atoms with Crippen molar-refractivity contribution < 1.29 is 14.6 Å². The van der Waals surface area contributed by atoms with Crippen LogP contribution >= 0.6 is 11.3 Å². The van der Waals surface area contributed by atoms with Gasteiger partial charge in [-0.3, -0.25) is 4.79 Å². The first-order chi connectivity index (χ1) is 13.1. The molecule has 1 aromatic heterocycles. The van der Waals surface area contributed by atoms with Crippen LogP contribution in [0.2, 0.25) is 0 Å². The Bertz CT molecular complexity index is 895. The van der Waals surface area contributed by atoms with E-state index in [0.29, 0.717) is 11.3 Å². The number of benzene rings is 2. The van der Waals surface area contributed by atoms with E-state index in [4.69, 9.17) is 4.74 Å². The predicted octanol–water partition coefficient (Wildman–Crippen LogP) is 3.55. The van der Waals surface area contributed by atoms with Gasteiger partial charge in [0, 0.05) is 18.0 Å². The van der Waals surface area contributed by atoms with E-state index in [1.807, 2.05) is 53.9 Å². The molecule has 3 aromatic rings. The van der Waals surface area contributed by atoms with E-state index in [1.54, 1.807) is 20.2 Å². The molecule has 1 heterocycles. The normalized spacial score (nSPS) is 11.8. The smallest absolute Gasteiger partial charge is 0.228 e. The number of carbonyl (C=O) groups is 1. The van der Waals surface area contributed by atoms with E-state index in [2.05, 4.69) is 4.98 Å². The summed E-state index contributed by atoms with van der Waals surface area (Å²) in [5.41, 5.74) is 2.50. The highest BCUT2D eigenvalue weighted by Crippen LogP contribution is 2.24. The van der Waals surface area contributed by atoms with Gasteiger partial charge in [0.1, 0.15) is 10.8 Å². The highest BCUT2D eigenvalue weighted by atomic mass is 32.1. The maximum absolute atomic E-state index is 12.5. The molecule has 0 bridgehead atoms. The van der Waals surface area contributed by atoms with Gasteiger partial charge in [0.25, 0.3) is 0 Å². The minimum atomic E-state index is -0.774. The molecule has 1 amide bonds. The first kappa shape index (κ1) is 19.1. The fourth-order valence-corrected chi connectivity index (χ4v) is 3.53. The van der Waals surface area contributed by atoms with Crippen LogP contribution in [0.25, 0.3) is 10.6 Å². The van der Waals surface area contributed by atoms with E-state index in [1.165, 1.54) is 16.2 Å². The Morgan fingerprint density at radius 2 is 2.00 bits per heavy atom. The third kappa shape index (κ3) is 4.93. The van der Waals surface area contributed by atoms with Crippen molar-refractivity contribution in [2.24, 2.45) is 0 Å². The summed E-state index contributed by atoms with van der Waals surface area (Å²) in [4.78, 5) is 18.6. The lowest BCUT2D eigenvalue weighted by atomic mass is 10.1. The molecule has 1 atom stereocenters. The zero-order valence-electron chi connectivity index (χ0n) is 15.3. The lowest BCUT2D eigenvalue weighted by Crippen LogP contribution is -2.32. The fourth-order valence-electron chi connectivity index (χ4n) is 2.71. The SMILES string of the molecule is COc1cccc(C(O)CN(C)C(=O)Cc2csc(-c3ccccc3)n2)c1. The van der Waals surface area contributed by atoms with Gasteiger partial charge in [-0.15, -0.1) is 11.3 Å². The number of hydrogen-bond donors (Lipinski definition) is 1. The fraction of sp³-hybridized carbons (Fsp3) is 0.238. The van der Waals surface area contributed by atoms with Crippen molar-refractivity contribution in [3.8, 4) is 16.3 Å². The minimum Gasteiger partial charge on any atom is -0.497 e. The van der Waals surface area contributed by atoms with Crippen molar-refractivity contribution in [2.45, 2.75) is 12.5 Å². The van der Waals surface area contributed by atoms with Crippen LogP contribution in [-0.2, 0) is 11.2 Å². The highest BCUT2D eigenvalue weighted by Gasteiger charge is 2.17. The lowest BCUT2D eigenvalue weighted by Gasteiger charge is -2.21. The van der Waals surface area contributed by atoms with Crippen molar-refractivity contribution in [1.29, 1.82) is 0 Å². The number of rotatable bonds is 7. The van der Waals surface area contributed by atoms with E-state index >= 15 is 0 Å². The van der Waals surface area contributed by atoms with E-state index in [9.17, 15) is 9.90 Å². The van der Waals surface area contributed by atoms with Crippen LogP contribution in [-0.4, -0.2) is 41.6 Å². The molecule has 0 spiro atoms. The molecule has 1 unspecified atom stereocenters. The number of amides is 1. The van der Waals surface area contributed by atoms with Gasteiger partial charge in [0.15, 0.2) is 0 Å². The average molecular weight is 382 g/mol. The second kappa shape index (κ2) is 8.79. The molecule has 0 radical (unpaired) electrons. The maximum Gasteiger partial charge on any atom is 0.228 e. The summed E-state index contributed by atoms with van der Waals surface area (Å²) in [6, 6.07) is 17.1. The number of aromatic nitrogens is 1. The highest BCUT2D eigenvalue weighted by molar-refractivity contribution is 7.13. The largest absolute Gasteiger partial charge is 0.497 e. The number of hydrogen-bond acceptors (Lipinski definition) is 5. The Morgan fingerprint density at radius 1 is 1.22 bits per heavy atom. The number of methoxy groups -OCH3 is 1. The number of ether oxygens (including phenoxy) is 1. The van der Waals surface area contributed by atoms with Crippen molar-refractivity contribution in [3.05, 3.63) is 71.2 Å². The van der Waals surface area contributed by atoms with Gasteiger partial charge in [0.2, 0.25) is 5.91 Å². The first-order valence-corrected chi connectivity index (χ1v) is 9.50. The Kier molecular flexibility index (Phi) is 6.21. The van der Waals surface area contributed by atoms with E-state index in [0.717, 1.165) is 16.3 Å². The van der Waals surface area contributed by atoms with Gasteiger partial charge < -0.3 is 14.7 Å². The minimum absolute atomic E-state index is 0.0816. The van der Waals surface area contributed by atoms with Crippen LogP contribution in [0, 0.1) is 0 Å². The molecule has 1 N–H and O–H groups in total. The summed E-state index contributed by atoms with van der Waals surface area (Å²) >= 11 is 1.53. The number of carbonyl (C=O) groups excluding carboxylic acids is 1. The molecule has 0 saturated heterocycles. The second-order valence-corrected chi connectivity index (χ2v) is 7.11. The van der Waals surface area contributed by atoms with Gasteiger partial charge in [-0.1, -0.05) is 42.5 Å². The number of thiazole rings is 1. The van der Waals surface area contributed by atoms with Crippen molar-refractivity contribution in [2.75, 3.05) is 20.7 Å². The van der Waals surface area contributed by atoms with Crippen LogP contribution in [0.5, 0.6) is 5.75 Å². The Morgan fingerprint density at radius 3 is 2.74 bits per heavy atom. The number of aliphatic hydroxyl groups is 1. The molecule has 140 valence electrons. The van der Waals surface area contributed by atoms with Crippen LogP contribution in [0.15, 0.2) is 60.0 Å². The van der Waals surface area contributed by atoms with Gasteiger partial charge >= 0.3 is 0 Å². The summed E-state index contributed by atoms with van der Waals surface area (Å²) in [7, 11) is 3.27. The third-order valence-electron chi connectivity index (χ3n) is 4.26. The Hall–Kier alpha value is -2.70. The molecule has 0 aliphatic heterocycles. The average Bonchev–Trinajstić information content (AvgIpc) is 3.17. The zero-order chi connectivity index (χ0) is 19.2.